The minimum absolute atomic E-state index is 0. The molecule has 0 aromatic rings. The molecule has 3 nitrogen and oxygen atoms in total. The minimum atomic E-state index is -10.7. The summed E-state index contributed by atoms with van der Waals surface area (Å²) in [5.74, 6) is 0. The van der Waals surface area contributed by atoms with Crippen molar-refractivity contribution in [3.05, 3.63) is 0 Å². The minimum Gasteiger partial charge on any atom is -0.741 e. The van der Waals surface area contributed by atoms with Gasteiger partial charge in [-0.05, 0) is 0 Å². The van der Waals surface area contributed by atoms with Crippen LogP contribution in [0.2, 0.25) is 0 Å². The standard InChI is InChI=1S/CHF3O3S.F6P.Zn/c2-1(3,4)8(5,6)7;1-7(2,3,4,5)6;/h(H,5,6,7);;/q;-1;+2/p-1. The number of halogens is 9. The first kappa shape index (κ1) is 21.6. The predicted octanol–water partition coefficient (Wildman–Crippen LogP) is 3.43. The summed E-state index contributed by atoms with van der Waals surface area (Å²) < 4.78 is 118. The average Bonchev–Trinajstić information content (AvgIpc) is 1.45. The van der Waals surface area contributed by atoms with Crippen LogP contribution in [0, 0.1) is 0 Å². The molecule has 0 atom stereocenters. The normalized spacial score (nSPS) is 17.1. The van der Waals surface area contributed by atoms with Crippen molar-refractivity contribution in [3.8, 4) is 0 Å². The molecule has 0 rings (SSSR count). The van der Waals surface area contributed by atoms with Gasteiger partial charge in [0, 0.05) is 0 Å². The van der Waals surface area contributed by atoms with Crippen LogP contribution < -0.4 is 0 Å². The van der Waals surface area contributed by atoms with Gasteiger partial charge in [0.25, 0.3) is 0 Å². The van der Waals surface area contributed by atoms with E-state index in [0.29, 0.717) is 0 Å². The van der Waals surface area contributed by atoms with Gasteiger partial charge in [0.05, 0.1) is 0 Å². The van der Waals surface area contributed by atoms with Crippen molar-refractivity contribution in [2.75, 3.05) is 0 Å². The van der Waals surface area contributed by atoms with Crippen LogP contribution in [0.4, 0.5) is 38.4 Å². The van der Waals surface area contributed by atoms with Crippen LogP contribution >= 0.6 is 7.81 Å². The van der Waals surface area contributed by atoms with Gasteiger partial charge in [0.2, 0.25) is 0 Å². The van der Waals surface area contributed by atoms with E-state index in [1.54, 1.807) is 0 Å². The van der Waals surface area contributed by atoms with Gasteiger partial charge < -0.3 is 4.55 Å². The van der Waals surface area contributed by atoms with E-state index in [1.807, 2.05) is 0 Å². The van der Waals surface area contributed by atoms with Crippen molar-refractivity contribution >= 4 is 17.9 Å². The first-order valence-electron chi connectivity index (χ1n) is 2.29. The van der Waals surface area contributed by atoms with Crippen molar-refractivity contribution < 1.29 is 70.8 Å². The molecule has 0 aromatic heterocycles. The van der Waals surface area contributed by atoms with E-state index < -0.39 is 23.4 Å². The summed E-state index contributed by atoms with van der Waals surface area (Å²) in [6.45, 7) is 0. The molecule has 0 fully saturated rings. The molecule has 0 saturated carbocycles. The van der Waals surface area contributed by atoms with Crippen LogP contribution in [0.5, 0.6) is 0 Å². The zero-order valence-corrected chi connectivity index (χ0v) is 11.4. The van der Waals surface area contributed by atoms with E-state index in [2.05, 4.69) is 0 Å². The van der Waals surface area contributed by atoms with E-state index >= 15 is 0 Å². The summed E-state index contributed by atoms with van der Waals surface area (Å²) in [5, 5.41) is 0. The molecule has 16 heavy (non-hydrogen) atoms. The summed E-state index contributed by atoms with van der Waals surface area (Å²) in [6.07, 6.45) is 0. The summed E-state index contributed by atoms with van der Waals surface area (Å²) in [4.78, 5) is 0. The molecule has 0 N–H and O–H groups in total. The second-order valence-corrected chi connectivity index (χ2v) is 5.15. The maximum atomic E-state index is 10.7. The smallest absolute Gasteiger partial charge is 0.741 e. The molecule has 0 bridgehead atoms. The van der Waals surface area contributed by atoms with Gasteiger partial charge in [-0.2, -0.15) is 13.2 Å². The number of alkyl halides is 3. The first-order valence-corrected chi connectivity index (χ1v) is 5.72. The third-order valence-corrected chi connectivity index (χ3v) is 0.850. The van der Waals surface area contributed by atoms with Gasteiger partial charge in [0.1, 0.15) is 0 Å². The van der Waals surface area contributed by atoms with E-state index in [-0.39, 0.29) is 19.5 Å². The van der Waals surface area contributed by atoms with Crippen molar-refractivity contribution in [1.29, 1.82) is 0 Å². The molecular weight excluding hydrogens is 359 g/mol. The van der Waals surface area contributed by atoms with Crippen molar-refractivity contribution in [2.45, 2.75) is 5.51 Å². The van der Waals surface area contributed by atoms with Gasteiger partial charge in [-0.3, -0.25) is 0 Å². The number of rotatable bonds is 0. The van der Waals surface area contributed by atoms with Crippen LogP contribution in [0.15, 0.2) is 0 Å². The fourth-order valence-electron chi connectivity index (χ4n) is 0. The molecule has 0 aromatic carbocycles. The van der Waals surface area contributed by atoms with Crippen LogP contribution in [0.1, 0.15) is 0 Å². The second kappa shape index (κ2) is 4.22. The maximum absolute atomic E-state index is 10.7. The average molecular weight is 359 g/mol. The third-order valence-electron chi connectivity index (χ3n) is 0.283. The zero-order chi connectivity index (χ0) is 13.4. The summed E-state index contributed by atoms with van der Waals surface area (Å²) in [6, 6.07) is 0. The predicted molar refractivity (Wildman–Crippen MR) is 29.3 cm³/mol. The van der Waals surface area contributed by atoms with E-state index in [1.165, 1.54) is 0 Å². The number of hydrogen-bond donors (Lipinski definition) is 0. The fraction of sp³-hybridized carbons (Fsp3) is 1.00. The molecule has 0 aliphatic rings. The monoisotopic (exact) mass is 358 g/mol. The molecule has 0 aliphatic carbocycles. The van der Waals surface area contributed by atoms with Crippen LogP contribution in [0.25, 0.3) is 0 Å². The summed E-state index contributed by atoms with van der Waals surface area (Å²) >= 11 is 0. The summed E-state index contributed by atoms with van der Waals surface area (Å²) in [5.41, 5.74) is -5.65. The van der Waals surface area contributed by atoms with Crippen molar-refractivity contribution in [1.82, 2.24) is 0 Å². The topological polar surface area (TPSA) is 57.2 Å². The Labute approximate surface area is 94.7 Å². The SMILES string of the molecule is F[P-](F)(F)(F)(F)F.O=S(=O)([O-])C(F)(F)F.[Zn+2]. The van der Waals surface area contributed by atoms with Gasteiger partial charge in [-0.1, -0.05) is 0 Å². The molecule has 0 spiro atoms. The Morgan fingerprint density at radius 2 is 0.938 bits per heavy atom. The molecule has 0 radical (unpaired) electrons. The number of hydrogen-bond acceptors (Lipinski definition) is 3. The maximum Gasteiger partial charge on any atom is 2.00 e. The molecule has 0 amide bonds. The van der Waals surface area contributed by atoms with E-state index in [4.69, 9.17) is 13.0 Å². The van der Waals surface area contributed by atoms with Gasteiger partial charge in [-0.25, -0.2) is 8.42 Å². The third kappa shape index (κ3) is 29.3. The Hall–Kier alpha value is 0.333. The molecule has 0 unspecified atom stereocenters. The summed E-state index contributed by atoms with van der Waals surface area (Å²) in [7, 11) is -16.7. The largest absolute Gasteiger partial charge is 2.00 e. The second-order valence-electron chi connectivity index (χ2n) is 1.86. The first-order chi connectivity index (χ1) is 5.70. The molecule has 0 aliphatic heterocycles. The van der Waals surface area contributed by atoms with Crippen molar-refractivity contribution in [3.63, 3.8) is 0 Å². The molecule has 0 saturated heterocycles. The Balaban J connectivity index is -0.000000200. The Morgan fingerprint density at radius 3 is 0.938 bits per heavy atom. The molecule has 0 heterocycles. The van der Waals surface area contributed by atoms with E-state index in [9.17, 15) is 38.4 Å². The molecule has 98 valence electrons. The zero-order valence-electron chi connectivity index (χ0n) is 6.69. The van der Waals surface area contributed by atoms with Gasteiger partial charge in [-0.15, -0.1) is 0 Å². The Kier molecular flexibility index (Phi) is 5.69. The van der Waals surface area contributed by atoms with Gasteiger partial charge >= 0.3 is 58.0 Å². The fourth-order valence-corrected chi connectivity index (χ4v) is 0. The Morgan fingerprint density at radius 1 is 0.875 bits per heavy atom. The molecular formula is CF9O3PSZn. The van der Waals surface area contributed by atoms with Crippen LogP contribution in [-0.2, 0) is 29.6 Å². The molecule has 15 heteroatoms. The van der Waals surface area contributed by atoms with Gasteiger partial charge in [0.15, 0.2) is 10.1 Å². The van der Waals surface area contributed by atoms with Crippen LogP contribution in [-0.4, -0.2) is 18.5 Å². The quantitative estimate of drug-likeness (QED) is 0.219. The van der Waals surface area contributed by atoms with Crippen molar-refractivity contribution in [2.24, 2.45) is 0 Å². The Bertz CT molecular complexity index is 309. The van der Waals surface area contributed by atoms with E-state index in [0.717, 1.165) is 0 Å². The van der Waals surface area contributed by atoms with Crippen LogP contribution in [0.3, 0.4) is 0 Å².